The molecule has 0 saturated carbocycles. The zero-order valence-electron chi connectivity index (χ0n) is 6.51. The molecule has 0 amide bonds. The molecule has 0 saturated heterocycles. The molecule has 1 rings (SSSR count). The first kappa shape index (κ1) is 10.1. The van der Waals surface area contributed by atoms with Gasteiger partial charge in [-0.25, -0.2) is 4.79 Å². The van der Waals surface area contributed by atoms with Crippen LogP contribution in [-0.4, -0.2) is 28.2 Å². The Bertz CT molecular complexity index is 339. The van der Waals surface area contributed by atoms with Gasteiger partial charge >= 0.3 is 13.1 Å². The molecule has 0 fully saturated rings. The lowest BCUT2D eigenvalue weighted by Gasteiger charge is -2.02. The van der Waals surface area contributed by atoms with E-state index in [2.05, 4.69) is 12.6 Å². The summed E-state index contributed by atoms with van der Waals surface area (Å²) in [6.07, 6.45) is 0. The van der Waals surface area contributed by atoms with Gasteiger partial charge < -0.3 is 15.2 Å². The number of benzene rings is 1. The normalized spacial score (nSPS) is 9.77. The van der Waals surface area contributed by atoms with Gasteiger partial charge in [0, 0.05) is 4.90 Å². The lowest BCUT2D eigenvalue weighted by Crippen LogP contribution is -2.30. The molecular formula is C7H7BO4S. The van der Waals surface area contributed by atoms with Gasteiger partial charge in [0.2, 0.25) is 0 Å². The molecule has 0 atom stereocenters. The predicted molar refractivity (Wildman–Crippen MR) is 50.5 cm³/mol. The summed E-state index contributed by atoms with van der Waals surface area (Å²) in [4.78, 5) is 10.9. The summed E-state index contributed by atoms with van der Waals surface area (Å²) in [5.74, 6) is -1.13. The Hall–Kier alpha value is -0.975. The van der Waals surface area contributed by atoms with Crippen molar-refractivity contribution >= 4 is 31.2 Å². The molecule has 68 valence electrons. The van der Waals surface area contributed by atoms with Gasteiger partial charge in [0.25, 0.3) is 0 Å². The van der Waals surface area contributed by atoms with Crippen LogP contribution in [0.4, 0.5) is 0 Å². The van der Waals surface area contributed by atoms with Gasteiger partial charge in [-0.15, -0.1) is 12.6 Å². The van der Waals surface area contributed by atoms with Crippen molar-refractivity contribution in [3.8, 4) is 0 Å². The summed E-state index contributed by atoms with van der Waals surface area (Å²) in [7, 11) is -1.68. The fourth-order valence-corrected chi connectivity index (χ4v) is 1.20. The van der Waals surface area contributed by atoms with Crippen LogP contribution >= 0.6 is 12.6 Å². The zero-order valence-corrected chi connectivity index (χ0v) is 7.40. The van der Waals surface area contributed by atoms with E-state index in [-0.39, 0.29) is 11.0 Å². The highest BCUT2D eigenvalue weighted by molar-refractivity contribution is 7.80. The molecule has 0 bridgehead atoms. The maximum atomic E-state index is 10.5. The molecule has 0 radical (unpaired) electrons. The molecular weight excluding hydrogens is 191 g/mol. The molecule has 1 aromatic rings. The Kier molecular flexibility index (Phi) is 2.97. The minimum absolute atomic E-state index is 0.0180. The molecule has 4 nitrogen and oxygen atoms in total. The molecule has 0 aromatic heterocycles. The van der Waals surface area contributed by atoms with E-state index in [0.717, 1.165) is 0 Å². The Morgan fingerprint density at radius 2 is 1.92 bits per heavy atom. The van der Waals surface area contributed by atoms with Gasteiger partial charge in [-0.05, 0) is 23.7 Å². The Morgan fingerprint density at radius 1 is 1.31 bits per heavy atom. The van der Waals surface area contributed by atoms with Crippen molar-refractivity contribution in [2.45, 2.75) is 4.90 Å². The quantitative estimate of drug-likeness (QED) is 0.376. The van der Waals surface area contributed by atoms with Crippen LogP contribution in [0.15, 0.2) is 23.1 Å². The van der Waals surface area contributed by atoms with Crippen molar-refractivity contribution in [1.29, 1.82) is 0 Å². The third kappa shape index (κ3) is 2.48. The van der Waals surface area contributed by atoms with Crippen molar-refractivity contribution in [2.75, 3.05) is 0 Å². The molecule has 0 unspecified atom stereocenters. The Labute approximate surface area is 80.4 Å². The molecule has 0 heterocycles. The monoisotopic (exact) mass is 198 g/mol. The van der Waals surface area contributed by atoms with Crippen LogP contribution in [0.1, 0.15) is 10.4 Å². The first-order valence-corrected chi connectivity index (χ1v) is 3.89. The highest BCUT2D eigenvalue weighted by Crippen LogP contribution is 2.07. The number of carboxylic acid groups (broad SMARTS) is 1. The average molecular weight is 198 g/mol. The second kappa shape index (κ2) is 3.82. The van der Waals surface area contributed by atoms with Crippen LogP contribution in [0.5, 0.6) is 0 Å². The Balaban J connectivity index is 3.19. The smallest absolute Gasteiger partial charge is 0.478 e. The number of carboxylic acids is 1. The van der Waals surface area contributed by atoms with Crippen molar-refractivity contribution < 1.29 is 19.9 Å². The van der Waals surface area contributed by atoms with Gasteiger partial charge in [-0.2, -0.15) is 0 Å². The first-order chi connectivity index (χ1) is 6.00. The number of thiol groups is 1. The fourth-order valence-electron chi connectivity index (χ4n) is 0.907. The number of hydrogen-bond acceptors (Lipinski definition) is 4. The van der Waals surface area contributed by atoms with Crippen LogP contribution in [-0.2, 0) is 0 Å². The summed E-state index contributed by atoms with van der Waals surface area (Å²) in [6, 6.07) is 3.91. The zero-order chi connectivity index (χ0) is 10.0. The van der Waals surface area contributed by atoms with Gasteiger partial charge in [0.1, 0.15) is 0 Å². The van der Waals surface area contributed by atoms with Crippen LogP contribution in [0, 0.1) is 0 Å². The maximum Gasteiger partial charge on any atom is 0.488 e. The number of aromatic carboxylic acids is 1. The summed E-state index contributed by atoms with van der Waals surface area (Å²) < 4.78 is 0. The summed E-state index contributed by atoms with van der Waals surface area (Å²) in [5.41, 5.74) is 0.0977. The van der Waals surface area contributed by atoms with E-state index in [0.29, 0.717) is 4.90 Å². The molecule has 0 aliphatic carbocycles. The minimum Gasteiger partial charge on any atom is -0.478 e. The van der Waals surface area contributed by atoms with Crippen LogP contribution in [0.25, 0.3) is 0 Å². The van der Waals surface area contributed by atoms with Crippen LogP contribution in [0.2, 0.25) is 0 Å². The van der Waals surface area contributed by atoms with Crippen molar-refractivity contribution in [3.63, 3.8) is 0 Å². The van der Waals surface area contributed by atoms with Crippen molar-refractivity contribution in [1.82, 2.24) is 0 Å². The average Bonchev–Trinajstić information content (AvgIpc) is 2.03. The highest BCUT2D eigenvalue weighted by atomic mass is 32.1. The van der Waals surface area contributed by atoms with E-state index in [9.17, 15) is 4.79 Å². The molecule has 1 aromatic carbocycles. The number of hydrogen-bond donors (Lipinski definition) is 4. The van der Waals surface area contributed by atoms with E-state index in [4.69, 9.17) is 15.2 Å². The summed E-state index contributed by atoms with van der Waals surface area (Å²) in [6.45, 7) is 0. The number of rotatable bonds is 2. The lowest BCUT2D eigenvalue weighted by atomic mass is 9.79. The summed E-state index contributed by atoms with van der Waals surface area (Å²) >= 11 is 3.93. The third-order valence-corrected chi connectivity index (χ3v) is 1.74. The predicted octanol–water partition coefficient (Wildman–Crippen LogP) is -0.647. The molecule has 3 N–H and O–H groups in total. The third-order valence-electron chi connectivity index (χ3n) is 1.49. The van der Waals surface area contributed by atoms with Gasteiger partial charge in [0.15, 0.2) is 0 Å². The second-order valence-electron chi connectivity index (χ2n) is 2.49. The second-order valence-corrected chi connectivity index (χ2v) is 3.01. The Morgan fingerprint density at radius 3 is 2.38 bits per heavy atom. The first-order valence-electron chi connectivity index (χ1n) is 3.44. The van der Waals surface area contributed by atoms with Gasteiger partial charge in [0.05, 0.1) is 5.56 Å². The highest BCUT2D eigenvalue weighted by Gasteiger charge is 2.14. The SMILES string of the molecule is O=C(O)c1cc(S)cc(B(O)O)c1. The minimum atomic E-state index is -1.68. The maximum absolute atomic E-state index is 10.5. The van der Waals surface area contributed by atoms with Crippen LogP contribution in [0.3, 0.4) is 0 Å². The van der Waals surface area contributed by atoms with Gasteiger partial charge in [-0.3, -0.25) is 0 Å². The van der Waals surface area contributed by atoms with E-state index in [1.165, 1.54) is 18.2 Å². The molecule has 13 heavy (non-hydrogen) atoms. The molecule has 0 aliphatic heterocycles. The molecule has 0 aliphatic rings. The topological polar surface area (TPSA) is 77.8 Å². The fraction of sp³-hybridized carbons (Fsp3) is 0. The standard InChI is InChI=1S/C7H7BO4S/c9-7(10)4-1-5(8(11)12)3-6(13)2-4/h1-3,11-13H,(H,9,10). The van der Waals surface area contributed by atoms with Gasteiger partial charge in [-0.1, -0.05) is 0 Å². The molecule has 6 heteroatoms. The van der Waals surface area contributed by atoms with Crippen molar-refractivity contribution in [2.24, 2.45) is 0 Å². The summed E-state index contributed by atoms with van der Waals surface area (Å²) in [5, 5.41) is 26.2. The van der Waals surface area contributed by atoms with Crippen LogP contribution < -0.4 is 5.46 Å². The lowest BCUT2D eigenvalue weighted by molar-refractivity contribution is 0.0696. The molecule has 0 spiro atoms. The van der Waals surface area contributed by atoms with E-state index in [1.54, 1.807) is 0 Å². The number of carbonyl (C=O) groups is 1. The van der Waals surface area contributed by atoms with E-state index in [1.807, 2.05) is 0 Å². The van der Waals surface area contributed by atoms with Crippen molar-refractivity contribution in [3.05, 3.63) is 23.8 Å². The van der Waals surface area contributed by atoms with E-state index < -0.39 is 13.1 Å². The largest absolute Gasteiger partial charge is 0.488 e. The van der Waals surface area contributed by atoms with E-state index >= 15 is 0 Å².